The van der Waals surface area contributed by atoms with Crippen molar-refractivity contribution in [1.29, 1.82) is 0 Å². The van der Waals surface area contributed by atoms with Gasteiger partial charge in [0.2, 0.25) is 10.0 Å². The normalized spacial score (nSPS) is 11.3. The van der Waals surface area contributed by atoms with Crippen LogP contribution in [0.3, 0.4) is 0 Å². The molecule has 2 aromatic rings. The van der Waals surface area contributed by atoms with Crippen molar-refractivity contribution in [2.24, 2.45) is 0 Å². The van der Waals surface area contributed by atoms with Crippen LogP contribution in [-0.4, -0.2) is 15.5 Å². The summed E-state index contributed by atoms with van der Waals surface area (Å²) in [6.45, 7) is 0.182. The predicted octanol–water partition coefficient (Wildman–Crippen LogP) is 2.52. The molecule has 0 radical (unpaired) electrons. The Bertz CT molecular complexity index is 748. The van der Waals surface area contributed by atoms with Gasteiger partial charge in [0, 0.05) is 16.7 Å². The maximum Gasteiger partial charge on any atom is 0.240 e. The van der Waals surface area contributed by atoms with E-state index in [0.29, 0.717) is 15.9 Å². The van der Waals surface area contributed by atoms with Gasteiger partial charge in [-0.05, 0) is 51.8 Å². The summed E-state index contributed by atoms with van der Waals surface area (Å²) in [6.07, 6.45) is 0. The molecule has 0 aromatic heterocycles. The van der Waals surface area contributed by atoms with Crippen LogP contribution in [-0.2, 0) is 16.6 Å². The zero-order valence-electron chi connectivity index (χ0n) is 11.3. The van der Waals surface area contributed by atoms with Gasteiger partial charge < -0.3 is 10.5 Å². The number of benzene rings is 2. The maximum absolute atomic E-state index is 12.2. The molecular weight excluding hydrogens is 356 g/mol. The van der Waals surface area contributed by atoms with E-state index in [2.05, 4.69) is 20.7 Å². The molecule has 2 rings (SSSR count). The fraction of sp³-hybridized carbons (Fsp3) is 0.143. The summed E-state index contributed by atoms with van der Waals surface area (Å²) in [5, 5.41) is 0. The minimum Gasteiger partial charge on any atom is -0.497 e. The first-order valence-corrected chi connectivity index (χ1v) is 8.37. The highest BCUT2D eigenvalue weighted by Gasteiger charge is 2.14. The van der Waals surface area contributed by atoms with Gasteiger partial charge in [-0.25, -0.2) is 13.1 Å². The van der Waals surface area contributed by atoms with Crippen molar-refractivity contribution < 1.29 is 13.2 Å². The number of halogens is 1. The third kappa shape index (κ3) is 3.96. The number of nitrogen functional groups attached to an aromatic ring is 1. The van der Waals surface area contributed by atoms with Gasteiger partial charge >= 0.3 is 0 Å². The molecule has 21 heavy (non-hydrogen) atoms. The average Bonchev–Trinajstić information content (AvgIpc) is 2.48. The zero-order chi connectivity index (χ0) is 15.5. The Labute approximate surface area is 132 Å². The third-order valence-corrected chi connectivity index (χ3v) is 4.97. The van der Waals surface area contributed by atoms with E-state index < -0.39 is 10.0 Å². The van der Waals surface area contributed by atoms with E-state index in [-0.39, 0.29) is 11.4 Å². The van der Waals surface area contributed by atoms with Crippen molar-refractivity contribution in [2.75, 3.05) is 12.8 Å². The standard InChI is InChI=1S/C14H15BrN2O3S/c1-20-11-4-2-3-10(7-11)9-17-21(18,19)12-5-6-14(16)13(15)8-12/h2-8,17H,9,16H2,1H3. The first-order valence-electron chi connectivity index (χ1n) is 6.10. The minimum absolute atomic E-state index is 0.159. The average molecular weight is 371 g/mol. The van der Waals surface area contributed by atoms with Crippen LogP contribution in [0.4, 0.5) is 5.69 Å². The first kappa shape index (κ1) is 15.8. The maximum atomic E-state index is 12.2. The third-order valence-electron chi connectivity index (χ3n) is 2.88. The second kappa shape index (κ2) is 6.46. The molecule has 0 amide bonds. The molecule has 0 aliphatic carbocycles. The van der Waals surface area contributed by atoms with Crippen molar-refractivity contribution in [3.05, 3.63) is 52.5 Å². The van der Waals surface area contributed by atoms with Crippen LogP contribution < -0.4 is 15.2 Å². The van der Waals surface area contributed by atoms with Gasteiger partial charge in [-0.3, -0.25) is 0 Å². The molecule has 0 aliphatic heterocycles. The summed E-state index contributed by atoms with van der Waals surface area (Å²) in [6, 6.07) is 11.7. The van der Waals surface area contributed by atoms with Gasteiger partial charge in [-0.15, -0.1) is 0 Å². The molecule has 7 heteroatoms. The van der Waals surface area contributed by atoms with Gasteiger partial charge in [0.1, 0.15) is 5.75 Å². The van der Waals surface area contributed by atoms with Gasteiger partial charge in [-0.2, -0.15) is 0 Å². The van der Waals surface area contributed by atoms with Crippen LogP contribution in [0.25, 0.3) is 0 Å². The van der Waals surface area contributed by atoms with Crippen LogP contribution >= 0.6 is 15.9 Å². The Morgan fingerprint density at radius 3 is 2.67 bits per heavy atom. The second-order valence-corrected chi connectivity index (χ2v) is 6.98. The highest BCUT2D eigenvalue weighted by atomic mass is 79.9. The smallest absolute Gasteiger partial charge is 0.240 e. The van der Waals surface area contributed by atoms with E-state index in [9.17, 15) is 8.42 Å². The lowest BCUT2D eigenvalue weighted by atomic mass is 10.2. The molecule has 0 saturated heterocycles. The Balaban J connectivity index is 2.15. The first-order chi connectivity index (χ1) is 9.92. The number of ether oxygens (including phenoxy) is 1. The summed E-state index contributed by atoms with van der Waals surface area (Å²) in [5.41, 5.74) is 6.95. The van der Waals surface area contributed by atoms with Gasteiger partial charge in [0.05, 0.1) is 12.0 Å². The summed E-state index contributed by atoms with van der Waals surface area (Å²) < 4.78 is 32.6. The minimum atomic E-state index is -3.59. The number of hydrogen-bond acceptors (Lipinski definition) is 4. The summed E-state index contributed by atoms with van der Waals surface area (Å²) >= 11 is 3.22. The van der Waals surface area contributed by atoms with Gasteiger partial charge in [0.25, 0.3) is 0 Å². The van der Waals surface area contributed by atoms with E-state index in [0.717, 1.165) is 5.56 Å². The van der Waals surface area contributed by atoms with Crippen LogP contribution in [0.2, 0.25) is 0 Å². The zero-order valence-corrected chi connectivity index (χ0v) is 13.7. The van der Waals surface area contributed by atoms with E-state index in [1.54, 1.807) is 25.3 Å². The molecule has 112 valence electrons. The molecule has 0 spiro atoms. The number of anilines is 1. The number of methoxy groups -OCH3 is 1. The lowest BCUT2D eigenvalue weighted by Gasteiger charge is -2.09. The van der Waals surface area contributed by atoms with E-state index >= 15 is 0 Å². The Morgan fingerprint density at radius 1 is 1.24 bits per heavy atom. The van der Waals surface area contributed by atoms with Crippen molar-refractivity contribution in [2.45, 2.75) is 11.4 Å². The number of hydrogen-bond donors (Lipinski definition) is 2. The molecule has 0 fully saturated rings. The monoisotopic (exact) mass is 370 g/mol. The Hall–Kier alpha value is -1.57. The number of rotatable bonds is 5. The van der Waals surface area contributed by atoms with Crippen LogP contribution in [0, 0.1) is 0 Å². The molecule has 5 nitrogen and oxygen atoms in total. The number of sulfonamides is 1. The molecule has 2 aromatic carbocycles. The molecule has 0 aliphatic rings. The van der Waals surface area contributed by atoms with Crippen molar-refractivity contribution in [1.82, 2.24) is 4.72 Å². The van der Waals surface area contributed by atoms with E-state index in [1.807, 2.05) is 12.1 Å². The number of nitrogens with two attached hydrogens (primary N) is 1. The fourth-order valence-corrected chi connectivity index (χ4v) is 3.29. The van der Waals surface area contributed by atoms with Crippen molar-refractivity contribution >= 4 is 31.6 Å². The van der Waals surface area contributed by atoms with Crippen molar-refractivity contribution in [3.8, 4) is 5.75 Å². The molecule has 0 bridgehead atoms. The number of nitrogens with one attached hydrogen (secondary N) is 1. The Morgan fingerprint density at radius 2 is 2.00 bits per heavy atom. The quantitative estimate of drug-likeness (QED) is 0.792. The summed E-state index contributed by atoms with van der Waals surface area (Å²) in [7, 11) is -2.03. The molecule has 0 saturated carbocycles. The lowest BCUT2D eigenvalue weighted by Crippen LogP contribution is -2.23. The fourth-order valence-electron chi connectivity index (χ4n) is 1.72. The lowest BCUT2D eigenvalue weighted by molar-refractivity contribution is 0.414. The van der Waals surface area contributed by atoms with E-state index in [4.69, 9.17) is 10.5 Å². The van der Waals surface area contributed by atoms with Crippen molar-refractivity contribution in [3.63, 3.8) is 0 Å². The molecule has 0 atom stereocenters. The topological polar surface area (TPSA) is 81.4 Å². The SMILES string of the molecule is COc1cccc(CNS(=O)(=O)c2ccc(N)c(Br)c2)c1. The van der Waals surface area contributed by atoms with Crippen LogP contribution in [0.1, 0.15) is 5.56 Å². The molecule has 0 unspecified atom stereocenters. The highest BCUT2D eigenvalue weighted by molar-refractivity contribution is 9.10. The summed E-state index contributed by atoms with van der Waals surface area (Å²) in [4.78, 5) is 0.159. The second-order valence-electron chi connectivity index (χ2n) is 4.36. The molecular formula is C14H15BrN2O3S. The largest absolute Gasteiger partial charge is 0.497 e. The van der Waals surface area contributed by atoms with Crippen LogP contribution in [0.15, 0.2) is 51.8 Å². The summed E-state index contributed by atoms with van der Waals surface area (Å²) in [5.74, 6) is 0.682. The molecule has 0 heterocycles. The predicted molar refractivity (Wildman–Crippen MR) is 85.6 cm³/mol. The Kier molecular flexibility index (Phi) is 4.87. The van der Waals surface area contributed by atoms with Gasteiger partial charge in [-0.1, -0.05) is 12.1 Å². The molecule has 3 N–H and O–H groups in total. The van der Waals surface area contributed by atoms with Crippen LogP contribution in [0.5, 0.6) is 5.75 Å². The van der Waals surface area contributed by atoms with E-state index in [1.165, 1.54) is 12.1 Å². The van der Waals surface area contributed by atoms with Gasteiger partial charge in [0.15, 0.2) is 0 Å². The highest BCUT2D eigenvalue weighted by Crippen LogP contribution is 2.23.